The highest BCUT2D eigenvalue weighted by atomic mass is 35.5. The average Bonchev–Trinajstić information content (AvgIpc) is 2.78. The lowest BCUT2D eigenvalue weighted by atomic mass is 9.88. The van der Waals surface area contributed by atoms with Crippen LogP contribution in [0.2, 0.25) is 5.02 Å². The van der Waals surface area contributed by atoms with Crippen LogP contribution >= 0.6 is 11.6 Å². The minimum Gasteiger partial charge on any atom is -0.477 e. The maximum absolute atomic E-state index is 11.4. The molecule has 1 aliphatic heterocycles. The minimum absolute atomic E-state index is 0.228. The number of hydrogen-bond acceptors (Lipinski definition) is 3. The van der Waals surface area contributed by atoms with Crippen LogP contribution in [-0.2, 0) is 17.6 Å². The SMILES string of the molecule is O=C(O)C1=NCCC(=C2c3ccc(Cl)cc3CCc3cccnc32)C1. The number of aliphatic imine (C=N–C) groups is 1. The average molecular weight is 353 g/mol. The van der Waals surface area contributed by atoms with Gasteiger partial charge in [0.05, 0.1) is 5.69 Å². The number of carbonyl (C=O) groups is 1. The van der Waals surface area contributed by atoms with Crippen LogP contribution in [0.3, 0.4) is 0 Å². The van der Waals surface area contributed by atoms with Gasteiger partial charge in [0, 0.05) is 29.8 Å². The molecule has 1 aromatic heterocycles. The lowest BCUT2D eigenvalue weighted by Gasteiger charge is -2.20. The molecule has 2 aromatic rings. The summed E-state index contributed by atoms with van der Waals surface area (Å²) in [6.07, 6.45) is 4.71. The number of fused-ring (bicyclic) bond motifs is 2. The Morgan fingerprint density at radius 3 is 2.80 bits per heavy atom. The molecule has 0 saturated carbocycles. The molecule has 0 amide bonds. The summed E-state index contributed by atoms with van der Waals surface area (Å²) in [5, 5.41) is 10.1. The number of pyridine rings is 1. The Morgan fingerprint density at radius 1 is 1.12 bits per heavy atom. The van der Waals surface area contributed by atoms with E-state index in [1.54, 1.807) is 6.20 Å². The normalized spacial score (nSPS) is 19.5. The van der Waals surface area contributed by atoms with Gasteiger partial charge < -0.3 is 5.11 Å². The zero-order valence-corrected chi connectivity index (χ0v) is 14.4. The Kier molecular flexibility index (Phi) is 4.14. The van der Waals surface area contributed by atoms with Gasteiger partial charge in [0.1, 0.15) is 5.71 Å². The maximum Gasteiger partial charge on any atom is 0.350 e. The van der Waals surface area contributed by atoms with Crippen LogP contribution in [0.15, 0.2) is 47.1 Å². The minimum atomic E-state index is -0.941. The Balaban J connectivity index is 1.96. The van der Waals surface area contributed by atoms with E-state index in [0.29, 0.717) is 13.0 Å². The maximum atomic E-state index is 11.4. The number of hydrogen-bond donors (Lipinski definition) is 1. The lowest BCUT2D eigenvalue weighted by Crippen LogP contribution is -2.19. The van der Waals surface area contributed by atoms with Crippen LogP contribution in [0.1, 0.15) is 35.2 Å². The second-order valence-electron chi connectivity index (χ2n) is 6.35. The molecule has 2 aliphatic rings. The third kappa shape index (κ3) is 2.98. The van der Waals surface area contributed by atoms with E-state index in [1.165, 1.54) is 11.1 Å². The smallest absolute Gasteiger partial charge is 0.350 e. The first-order valence-corrected chi connectivity index (χ1v) is 8.73. The van der Waals surface area contributed by atoms with Gasteiger partial charge in [-0.2, -0.15) is 0 Å². The van der Waals surface area contributed by atoms with Crippen molar-refractivity contribution in [1.29, 1.82) is 0 Å². The van der Waals surface area contributed by atoms with Crippen LogP contribution in [0.5, 0.6) is 0 Å². The molecule has 0 bridgehead atoms. The molecule has 0 spiro atoms. The van der Waals surface area contributed by atoms with E-state index < -0.39 is 5.97 Å². The van der Waals surface area contributed by atoms with Crippen molar-refractivity contribution in [2.45, 2.75) is 25.7 Å². The Morgan fingerprint density at radius 2 is 1.96 bits per heavy atom. The molecule has 4 rings (SSSR count). The standard InChI is InChI=1S/C20H17ClN2O2/c21-15-5-6-16-13(10-15)4-3-12-2-1-8-23-19(12)18(16)14-7-9-22-17(11-14)20(24)25/h1-2,5-6,8,10H,3-4,7,9,11H2,(H,24,25). The van der Waals surface area contributed by atoms with Crippen molar-refractivity contribution in [3.8, 4) is 0 Å². The van der Waals surface area contributed by atoms with Crippen molar-refractivity contribution in [1.82, 2.24) is 4.98 Å². The monoisotopic (exact) mass is 352 g/mol. The molecule has 0 atom stereocenters. The molecule has 25 heavy (non-hydrogen) atoms. The van der Waals surface area contributed by atoms with Crippen molar-refractivity contribution in [2.75, 3.05) is 6.54 Å². The van der Waals surface area contributed by atoms with E-state index in [4.69, 9.17) is 11.6 Å². The number of aryl methyl sites for hydroxylation is 2. The largest absolute Gasteiger partial charge is 0.477 e. The molecular weight excluding hydrogens is 336 g/mol. The third-order valence-electron chi connectivity index (χ3n) is 4.83. The summed E-state index contributed by atoms with van der Waals surface area (Å²) >= 11 is 6.21. The summed E-state index contributed by atoms with van der Waals surface area (Å²) < 4.78 is 0. The molecule has 126 valence electrons. The summed E-state index contributed by atoms with van der Waals surface area (Å²) in [5.41, 5.74) is 6.84. The van der Waals surface area contributed by atoms with Gasteiger partial charge in [0.15, 0.2) is 0 Å². The summed E-state index contributed by atoms with van der Waals surface area (Å²) in [7, 11) is 0. The number of nitrogens with zero attached hydrogens (tertiary/aromatic N) is 2. The molecule has 0 radical (unpaired) electrons. The van der Waals surface area contributed by atoms with Crippen molar-refractivity contribution in [2.24, 2.45) is 4.99 Å². The molecule has 0 unspecified atom stereocenters. The first-order chi connectivity index (χ1) is 12.1. The zero-order valence-electron chi connectivity index (χ0n) is 13.6. The summed E-state index contributed by atoms with van der Waals surface area (Å²) in [4.78, 5) is 20.2. The first-order valence-electron chi connectivity index (χ1n) is 8.35. The van der Waals surface area contributed by atoms with E-state index in [1.807, 2.05) is 24.3 Å². The fourth-order valence-electron chi connectivity index (χ4n) is 3.66. The third-order valence-corrected chi connectivity index (χ3v) is 5.06. The van der Waals surface area contributed by atoms with Crippen molar-refractivity contribution in [3.63, 3.8) is 0 Å². The molecule has 2 heterocycles. The molecule has 1 N–H and O–H groups in total. The van der Waals surface area contributed by atoms with Crippen LogP contribution < -0.4 is 0 Å². The van der Waals surface area contributed by atoms with Crippen LogP contribution in [0.25, 0.3) is 5.57 Å². The highest BCUT2D eigenvalue weighted by Gasteiger charge is 2.25. The number of benzene rings is 1. The molecule has 0 saturated heterocycles. The van der Waals surface area contributed by atoms with E-state index in [2.05, 4.69) is 16.0 Å². The number of carboxylic acid groups (broad SMARTS) is 1. The molecule has 5 heteroatoms. The second-order valence-corrected chi connectivity index (χ2v) is 6.79. The highest BCUT2D eigenvalue weighted by Crippen LogP contribution is 2.38. The van der Waals surface area contributed by atoms with Gasteiger partial charge in [-0.05, 0) is 54.2 Å². The number of aromatic nitrogens is 1. The summed E-state index contributed by atoms with van der Waals surface area (Å²) in [6.45, 7) is 0.506. The first kappa shape index (κ1) is 16.0. The Hall–Kier alpha value is -2.46. The van der Waals surface area contributed by atoms with Gasteiger partial charge in [-0.3, -0.25) is 9.98 Å². The second kappa shape index (κ2) is 6.45. The zero-order chi connectivity index (χ0) is 17.4. The van der Waals surface area contributed by atoms with Crippen molar-refractivity contribution in [3.05, 3.63) is 69.5 Å². The van der Waals surface area contributed by atoms with Gasteiger partial charge in [0.2, 0.25) is 0 Å². The van der Waals surface area contributed by atoms with Gasteiger partial charge >= 0.3 is 5.97 Å². The molecule has 0 fully saturated rings. The van der Waals surface area contributed by atoms with Crippen LogP contribution in [0, 0.1) is 0 Å². The topological polar surface area (TPSA) is 62.5 Å². The summed E-state index contributed by atoms with van der Waals surface area (Å²) in [5.74, 6) is -0.941. The molecule has 1 aromatic carbocycles. The van der Waals surface area contributed by atoms with Crippen LogP contribution in [0.4, 0.5) is 0 Å². The van der Waals surface area contributed by atoms with Gasteiger partial charge in [0.25, 0.3) is 0 Å². The number of rotatable bonds is 1. The molecule has 1 aliphatic carbocycles. The Bertz CT molecular complexity index is 931. The summed E-state index contributed by atoms with van der Waals surface area (Å²) in [6, 6.07) is 10.00. The fraction of sp³-hybridized carbons (Fsp3) is 0.250. The predicted octanol–water partition coefficient (Wildman–Crippen LogP) is 3.95. The predicted molar refractivity (Wildman–Crippen MR) is 98.3 cm³/mol. The van der Waals surface area contributed by atoms with E-state index in [9.17, 15) is 9.90 Å². The molecule has 4 nitrogen and oxygen atoms in total. The van der Waals surface area contributed by atoms with E-state index in [-0.39, 0.29) is 5.71 Å². The van der Waals surface area contributed by atoms with Gasteiger partial charge in [-0.1, -0.05) is 29.3 Å². The van der Waals surface area contributed by atoms with Crippen molar-refractivity contribution < 1.29 is 9.90 Å². The van der Waals surface area contributed by atoms with Gasteiger partial charge in [-0.15, -0.1) is 0 Å². The lowest BCUT2D eigenvalue weighted by molar-refractivity contribution is -0.129. The van der Waals surface area contributed by atoms with E-state index in [0.717, 1.165) is 46.7 Å². The highest BCUT2D eigenvalue weighted by molar-refractivity contribution is 6.36. The quantitative estimate of drug-likeness (QED) is 0.845. The fourth-order valence-corrected chi connectivity index (χ4v) is 3.86. The number of carboxylic acids is 1. The molecular formula is C20H17ClN2O2. The van der Waals surface area contributed by atoms with Crippen molar-refractivity contribution >= 4 is 28.9 Å². The number of halogens is 1. The van der Waals surface area contributed by atoms with Crippen LogP contribution in [-0.4, -0.2) is 28.3 Å². The van der Waals surface area contributed by atoms with Gasteiger partial charge in [-0.25, -0.2) is 4.79 Å². The number of aliphatic carboxylic acids is 1. The Labute approximate surface area is 150 Å². The van der Waals surface area contributed by atoms with E-state index >= 15 is 0 Å².